The molecular weight excluding hydrogens is 196 g/mol. The zero-order valence-electron chi connectivity index (χ0n) is 8.28. The van der Waals surface area contributed by atoms with Gasteiger partial charge in [-0.2, -0.15) is 0 Å². The molecule has 1 aromatic rings. The first-order valence-corrected chi connectivity index (χ1v) is 4.87. The van der Waals surface area contributed by atoms with Gasteiger partial charge in [0.05, 0.1) is 5.56 Å². The van der Waals surface area contributed by atoms with Crippen LogP contribution in [0.5, 0.6) is 17.2 Å². The Balaban J connectivity index is 2.13. The third kappa shape index (κ3) is 1.25. The molecule has 1 atom stereocenters. The minimum Gasteiger partial charge on any atom is -0.489 e. The van der Waals surface area contributed by atoms with Gasteiger partial charge in [-0.05, 0) is 13.0 Å². The average molecular weight is 206 g/mol. The molecule has 0 aliphatic carbocycles. The van der Waals surface area contributed by atoms with Gasteiger partial charge in [-0.3, -0.25) is 4.79 Å². The number of ketones is 1. The first-order chi connectivity index (χ1) is 7.24. The van der Waals surface area contributed by atoms with Crippen LogP contribution in [0.3, 0.4) is 0 Å². The van der Waals surface area contributed by atoms with Gasteiger partial charge >= 0.3 is 0 Å². The molecule has 2 aliphatic rings. The van der Waals surface area contributed by atoms with Crippen molar-refractivity contribution < 1.29 is 19.0 Å². The highest BCUT2D eigenvalue weighted by atomic mass is 16.7. The molecule has 1 aromatic carbocycles. The number of hydrogen-bond acceptors (Lipinski definition) is 4. The summed E-state index contributed by atoms with van der Waals surface area (Å²) in [5.41, 5.74) is 0.595. The molecule has 0 amide bonds. The lowest BCUT2D eigenvalue weighted by Crippen LogP contribution is -2.23. The molecule has 78 valence electrons. The van der Waals surface area contributed by atoms with Gasteiger partial charge < -0.3 is 14.2 Å². The van der Waals surface area contributed by atoms with Crippen molar-refractivity contribution >= 4 is 5.78 Å². The Morgan fingerprint density at radius 1 is 1.20 bits per heavy atom. The quantitative estimate of drug-likeness (QED) is 0.649. The Morgan fingerprint density at radius 2 is 1.93 bits per heavy atom. The molecule has 0 radical (unpaired) electrons. The Kier molecular flexibility index (Phi) is 1.65. The van der Waals surface area contributed by atoms with E-state index in [1.165, 1.54) is 0 Å². The lowest BCUT2D eigenvalue weighted by molar-refractivity contribution is 0.0870. The van der Waals surface area contributed by atoms with Crippen LogP contribution in [0.25, 0.3) is 0 Å². The second-order valence-electron chi connectivity index (χ2n) is 3.76. The largest absolute Gasteiger partial charge is 0.489 e. The zero-order valence-corrected chi connectivity index (χ0v) is 8.28. The molecule has 0 aromatic heterocycles. The monoisotopic (exact) mass is 206 g/mol. The molecule has 0 N–H and O–H groups in total. The lowest BCUT2D eigenvalue weighted by Gasteiger charge is -2.22. The summed E-state index contributed by atoms with van der Waals surface area (Å²) in [4.78, 5) is 11.7. The van der Waals surface area contributed by atoms with Crippen molar-refractivity contribution in [2.24, 2.45) is 0 Å². The van der Waals surface area contributed by atoms with E-state index in [1.807, 2.05) is 6.92 Å². The molecule has 4 heteroatoms. The van der Waals surface area contributed by atoms with Gasteiger partial charge in [-0.15, -0.1) is 0 Å². The first kappa shape index (κ1) is 8.59. The molecular formula is C11H10O4. The standard InChI is InChI=1S/C11H10O4/c1-6-2-8(12)7-3-10-11(14-5-13-10)4-9(7)15-6/h3-4,6H,2,5H2,1H3. The zero-order chi connectivity index (χ0) is 10.4. The van der Waals surface area contributed by atoms with E-state index in [-0.39, 0.29) is 18.7 Å². The van der Waals surface area contributed by atoms with Gasteiger partial charge in [-0.25, -0.2) is 0 Å². The van der Waals surface area contributed by atoms with Crippen molar-refractivity contribution in [1.29, 1.82) is 0 Å². The second-order valence-corrected chi connectivity index (χ2v) is 3.76. The van der Waals surface area contributed by atoms with Crippen molar-refractivity contribution in [2.45, 2.75) is 19.4 Å². The molecule has 4 nitrogen and oxygen atoms in total. The third-order valence-corrected chi connectivity index (χ3v) is 2.58. The fourth-order valence-electron chi connectivity index (χ4n) is 1.87. The number of fused-ring (bicyclic) bond motifs is 2. The smallest absolute Gasteiger partial charge is 0.231 e. The van der Waals surface area contributed by atoms with Crippen molar-refractivity contribution in [3.05, 3.63) is 17.7 Å². The van der Waals surface area contributed by atoms with E-state index >= 15 is 0 Å². The highest BCUT2D eigenvalue weighted by Gasteiger charge is 2.27. The predicted molar refractivity (Wildman–Crippen MR) is 51.6 cm³/mol. The number of benzene rings is 1. The fourth-order valence-corrected chi connectivity index (χ4v) is 1.87. The van der Waals surface area contributed by atoms with Gasteiger partial charge in [0.15, 0.2) is 17.3 Å². The molecule has 0 saturated carbocycles. The molecule has 2 heterocycles. The molecule has 0 saturated heterocycles. The second kappa shape index (κ2) is 2.89. The van der Waals surface area contributed by atoms with Gasteiger partial charge in [0.25, 0.3) is 0 Å². The predicted octanol–water partition coefficient (Wildman–Crippen LogP) is 1.77. The topological polar surface area (TPSA) is 44.8 Å². The van der Waals surface area contributed by atoms with Crippen LogP contribution in [0.4, 0.5) is 0 Å². The number of rotatable bonds is 0. The maximum atomic E-state index is 11.7. The highest BCUT2D eigenvalue weighted by Crippen LogP contribution is 2.40. The summed E-state index contributed by atoms with van der Waals surface area (Å²) in [6.45, 7) is 2.09. The van der Waals surface area contributed by atoms with E-state index in [9.17, 15) is 4.79 Å². The minimum absolute atomic E-state index is 0.0645. The summed E-state index contributed by atoms with van der Waals surface area (Å²) in [5.74, 6) is 1.97. The summed E-state index contributed by atoms with van der Waals surface area (Å²) < 4.78 is 16.0. The normalized spacial score (nSPS) is 22.2. The molecule has 0 spiro atoms. The van der Waals surface area contributed by atoms with Crippen molar-refractivity contribution in [2.75, 3.05) is 6.79 Å². The van der Waals surface area contributed by atoms with Crippen LogP contribution in [0.2, 0.25) is 0 Å². The summed E-state index contributed by atoms with van der Waals surface area (Å²) >= 11 is 0. The lowest BCUT2D eigenvalue weighted by atomic mass is 10.0. The summed E-state index contributed by atoms with van der Waals surface area (Å²) in [5, 5.41) is 0. The van der Waals surface area contributed by atoms with Crippen LogP contribution < -0.4 is 14.2 Å². The van der Waals surface area contributed by atoms with Crippen LogP contribution in [0.15, 0.2) is 12.1 Å². The maximum Gasteiger partial charge on any atom is 0.231 e. The molecule has 2 aliphatic heterocycles. The van der Waals surface area contributed by atoms with Crippen molar-refractivity contribution in [1.82, 2.24) is 0 Å². The van der Waals surface area contributed by atoms with Crippen LogP contribution >= 0.6 is 0 Å². The van der Waals surface area contributed by atoms with Gasteiger partial charge in [0.2, 0.25) is 6.79 Å². The average Bonchev–Trinajstić information content (AvgIpc) is 2.61. The Bertz CT molecular complexity index is 438. The van der Waals surface area contributed by atoms with E-state index in [4.69, 9.17) is 14.2 Å². The molecule has 1 unspecified atom stereocenters. The minimum atomic E-state index is -0.0645. The van der Waals surface area contributed by atoms with Crippen LogP contribution in [0.1, 0.15) is 23.7 Å². The number of Topliss-reactive ketones (excluding diaryl/α,β-unsaturated/α-hetero) is 1. The SMILES string of the molecule is CC1CC(=O)c2cc3c(cc2O1)OCO3. The maximum absolute atomic E-state index is 11.7. The van der Waals surface area contributed by atoms with Crippen LogP contribution in [0, 0.1) is 0 Å². The van der Waals surface area contributed by atoms with Gasteiger partial charge in [0.1, 0.15) is 11.9 Å². The number of hydrogen-bond donors (Lipinski definition) is 0. The van der Waals surface area contributed by atoms with E-state index in [0.717, 1.165) is 0 Å². The summed E-state index contributed by atoms with van der Waals surface area (Å²) in [6.07, 6.45) is 0.359. The molecule has 0 bridgehead atoms. The Hall–Kier alpha value is -1.71. The van der Waals surface area contributed by atoms with Crippen molar-refractivity contribution in [3.63, 3.8) is 0 Å². The summed E-state index contributed by atoms with van der Waals surface area (Å²) in [7, 11) is 0. The molecule has 3 rings (SSSR count). The van der Waals surface area contributed by atoms with E-state index in [2.05, 4.69) is 0 Å². The van der Waals surface area contributed by atoms with Gasteiger partial charge in [-0.1, -0.05) is 0 Å². The highest BCUT2D eigenvalue weighted by molar-refractivity contribution is 6.00. The number of carbonyl (C=O) groups is 1. The molecule has 15 heavy (non-hydrogen) atoms. The third-order valence-electron chi connectivity index (χ3n) is 2.58. The molecule has 0 fully saturated rings. The van der Waals surface area contributed by atoms with Crippen molar-refractivity contribution in [3.8, 4) is 17.2 Å². The van der Waals surface area contributed by atoms with E-state index in [1.54, 1.807) is 12.1 Å². The summed E-state index contributed by atoms with van der Waals surface area (Å²) in [6, 6.07) is 3.43. The number of carbonyl (C=O) groups excluding carboxylic acids is 1. The van der Waals surface area contributed by atoms with E-state index < -0.39 is 0 Å². The Labute approximate surface area is 86.7 Å². The first-order valence-electron chi connectivity index (χ1n) is 4.87. The van der Waals surface area contributed by atoms with E-state index in [0.29, 0.717) is 29.2 Å². The van der Waals surface area contributed by atoms with Crippen LogP contribution in [-0.4, -0.2) is 18.7 Å². The number of ether oxygens (including phenoxy) is 3. The van der Waals surface area contributed by atoms with Gasteiger partial charge in [0, 0.05) is 12.5 Å². The fraction of sp³-hybridized carbons (Fsp3) is 0.364. The van der Waals surface area contributed by atoms with Crippen LogP contribution in [-0.2, 0) is 0 Å². The Morgan fingerprint density at radius 3 is 2.73 bits per heavy atom.